The summed E-state index contributed by atoms with van der Waals surface area (Å²) < 4.78 is 2.69. The topological polar surface area (TPSA) is 108 Å². The van der Waals surface area contributed by atoms with E-state index in [9.17, 15) is 14.9 Å². The van der Waals surface area contributed by atoms with E-state index in [-0.39, 0.29) is 16.5 Å². The first kappa shape index (κ1) is 17.9. The second-order valence-corrected chi connectivity index (χ2v) is 6.18. The standard InChI is InChI=1S/C15H12Cl2N6O3/c1-21-8-12(23(25)26)13(19-21)15(24)18-14-11(17)7-22(20-14)6-9-4-2-3-5-10(9)16/h2-5,7-8H,6H2,1H3,(H,18,20,24). The van der Waals surface area contributed by atoms with Crippen molar-refractivity contribution >= 4 is 40.6 Å². The third-order valence-electron chi connectivity index (χ3n) is 3.46. The van der Waals surface area contributed by atoms with Crippen molar-refractivity contribution in [2.24, 2.45) is 7.05 Å². The van der Waals surface area contributed by atoms with Gasteiger partial charge in [-0.25, -0.2) is 0 Å². The van der Waals surface area contributed by atoms with E-state index in [1.54, 1.807) is 6.07 Å². The third kappa shape index (κ3) is 3.68. The first-order valence-corrected chi connectivity index (χ1v) is 8.06. The lowest BCUT2D eigenvalue weighted by Crippen LogP contribution is -2.15. The van der Waals surface area contributed by atoms with Gasteiger partial charge in [0.05, 0.1) is 11.5 Å². The molecule has 1 aromatic carbocycles. The molecule has 134 valence electrons. The fraction of sp³-hybridized carbons (Fsp3) is 0.133. The highest BCUT2D eigenvalue weighted by molar-refractivity contribution is 6.33. The predicted octanol–water partition coefficient (Wildman–Crippen LogP) is 3.13. The van der Waals surface area contributed by atoms with Crippen molar-refractivity contribution in [1.82, 2.24) is 19.6 Å². The van der Waals surface area contributed by atoms with Gasteiger partial charge >= 0.3 is 5.69 Å². The van der Waals surface area contributed by atoms with Crippen LogP contribution in [0.25, 0.3) is 0 Å². The summed E-state index contributed by atoms with van der Waals surface area (Å²) in [4.78, 5) is 22.6. The van der Waals surface area contributed by atoms with Gasteiger partial charge in [0, 0.05) is 18.3 Å². The number of nitrogens with one attached hydrogen (secondary N) is 1. The molecule has 0 aliphatic heterocycles. The Morgan fingerprint density at radius 1 is 1.23 bits per heavy atom. The fourth-order valence-electron chi connectivity index (χ4n) is 2.30. The van der Waals surface area contributed by atoms with Gasteiger partial charge in [0.1, 0.15) is 11.2 Å². The largest absolute Gasteiger partial charge is 0.320 e. The molecule has 3 aromatic rings. The molecule has 0 aliphatic carbocycles. The number of halogens is 2. The molecule has 1 amide bonds. The first-order valence-electron chi connectivity index (χ1n) is 7.31. The van der Waals surface area contributed by atoms with Crippen molar-refractivity contribution in [2.45, 2.75) is 6.54 Å². The zero-order valence-corrected chi connectivity index (χ0v) is 14.9. The maximum atomic E-state index is 12.3. The van der Waals surface area contributed by atoms with Crippen LogP contribution >= 0.6 is 23.2 Å². The monoisotopic (exact) mass is 394 g/mol. The lowest BCUT2D eigenvalue weighted by Gasteiger charge is -2.04. The van der Waals surface area contributed by atoms with Crippen LogP contribution in [0.15, 0.2) is 36.7 Å². The quantitative estimate of drug-likeness (QED) is 0.528. The third-order valence-corrected chi connectivity index (χ3v) is 4.11. The average molecular weight is 395 g/mol. The van der Waals surface area contributed by atoms with Gasteiger partial charge in [-0.3, -0.25) is 24.3 Å². The van der Waals surface area contributed by atoms with Crippen molar-refractivity contribution in [3.8, 4) is 0 Å². The van der Waals surface area contributed by atoms with Crippen LogP contribution < -0.4 is 5.32 Å². The van der Waals surface area contributed by atoms with E-state index in [4.69, 9.17) is 23.2 Å². The molecule has 0 bridgehead atoms. The number of aryl methyl sites for hydroxylation is 1. The van der Waals surface area contributed by atoms with Crippen LogP contribution in [0, 0.1) is 10.1 Å². The number of nitrogens with zero attached hydrogens (tertiary/aromatic N) is 5. The summed E-state index contributed by atoms with van der Waals surface area (Å²) in [5.74, 6) is -0.703. The van der Waals surface area contributed by atoms with E-state index in [2.05, 4.69) is 15.5 Å². The molecule has 0 saturated heterocycles. The lowest BCUT2D eigenvalue weighted by molar-refractivity contribution is -0.385. The molecule has 0 atom stereocenters. The van der Waals surface area contributed by atoms with Gasteiger partial charge in [0.2, 0.25) is 5.69 Å². The second-order valence-electron chi connectivity index (χ2n) is 5.36. The molecule has 11 heteroatoms. The highest BCUT2D eigenvalue weighted by atomic mass is 35.5. The van der Waals surface area contributed by atoms with Crippen molar-refractivity contribution < 1.29 is 9.72 Å². The van der Waals surface area contributed by atoms with Gasteiger partial charge < -0.3 is 5.32 Å². The van der Waals surface area contributed by atoms with Crippen LogP contribution in [0.3, 0.4) is 0 Å². The van der Waals surface area contributed by atoms with E-state index in [0.29, 0.717) is 11.6 Å². The number of aromatic nitrogens is 4. The van der Waals surface area contributed by atoms with Crippen molar-refractivity contribution in [2.75, 3.05) is 5.32 Å². The molecule has 26 heavy (non-hydrogen) atoms. The van der Waals surface area contributed by atoms with Crippen LogP contribution in [0.5, 0.6) is 0 Å². The zero-order valence-electron chi connectivity index (χ0n) is 13.4. The van der Waals surface area contributed by atoms with Gasteiger partial charge in [-0.05, 0) is 11.6 Å². The Hall–Kier alpha value is -2.91. The number of amides is 1. The highest BCUT2D eigenvalue weighted by Gasteiger charge is 2.26. The Bertz CT molecular complexity index is 997. The Morgan fingerprint density at radius 2 is 1.96 bits per heavy atom. The van der Waals surface area contributed by atoms with Crippen LogP contribution in [0.4, 0.5) is 11.5 Å². The SMILES string of the molecule is Cn1cc([N+](=O)[O-])c(C(=O)Nc2nn(Cc3ccccc3Cl)cc2Cl)n1. The lowest BCUT2D eigenvalue weighted by atomic mass is 10.2. The normalized spacial score (nSPS) is 10.7. The molecule has 0 unspecified atom stereocenters. The Morgan fingerprint density at radius 3 is 2.65 bits per heavy atom. The van der Waals surface area contributed by atoms with Gasteiger partial charge in [-0.2, -0.15) is 10.2 Å². The summed E-state index contributed by atoms with van der Waals surface area (Å²) in [5, 5.41) is 22.2. The minimum absolute atomic E-state index is 0.0728. The van der Waals surface area contributed by atoms with Crippen LogP contribution in [-0.4, -0.2) is 30.4 Å². The highest BCUT2D eigenvalue weighted by Crippen LogP contribution is 2.24. The molecular formula is C15H12Cl2N6O3. The van der Waals surface area contributed by atoms with Crippen molar-refractivity contribution in [3.05, 3.63) is 68.1 Å². The van der Waals surface area contributed by atoms with E-state index < -0.39 is 16.5 Å². The molecule has 1 N–H and O–H groups in total. The summed E-state index contributed by atoms with van der Waals surface area (Å²) in [6.45, 7) is 0.346. The smallest absolute Gasteiger partial charge is 0.302 e. The van der Waals surface area contributed by atoms with Crippen molar-refractivity contribution in [3.63, 3.8) is 0 Å². The molecule has 0 fully saturated rings. The predicted molar refractivity (Wildman–Crippen MR) is 95.6 cm³/mol. The molecule has 3 rings (SSSR count). The van der Waals surface area contributed by atoms with Gasteiger partial charge in [0.15, 0.2) is 5.82 Å². The number of benzene rings is 1. The molecular weight excluding hydrogens is 383 g/mol. The number of rotatable bonds is 5. The number of hydrogen-bond donors (Lipinski definition) is 1. The number of carbonyl (C=O) groups is 1. The molecule has 0 radical (unpaired) electrons. The summed E-state index contributed by atoms with van der Waals surface area (Å²) in [5.41, 5.74) is 0.0948. The van der Waals surface area contributed by atoms with Crippen LogP contribution in [0.2, 0.25) is 10.0 Å². The summed E-state index contributed by atoms with van der Waals surface area (Å²) in [6, 6.07) is 7.25. The number of anilines is 1. The summed E-state index contributed by atoms with van der Waals surface area (Å²) in [7, 11) is 1.48. The van der Waals surface area contributed by atoms with Gasteiger partial charge in [-0.15, -0.1) is 0 Å². The molecule has 0 saturated carbocycles. The Balaban J connectivity index is 1.81. The Labute approximate surface area is 157 Å². The molecule has 0 spiro atoms. The molecule has 2 aromatic heterocycles. The van der Waals surface area contributed by atoms with E-state index in [0.717, 1.165) is 11.8 Å². The minimum atomic E-state index is -0.776. The number of carbonyl (C=O) groups excluding carboxylic acids is 1. The maximum Gasteiger partial charge on any atom is 0.320 e. The van der Waals surface area contributed by atoms with Crippen LogP contribution in [-0.2, 0) is 13.6 Å². The molecule has 0 aliphatic rings. The minimum Gasteiger partial charge on any atom is -0.302 e. The Kier molecular flexibility index (Phi) is 4.92. The van der Waals surface area contributed by atoms with Gasteiger partial charge in [-0.1, -0.05) is 41.4 Å². The van der Waals surface area contributed by atoms with E-state index in [1.165, 1.54) is 22.6 Å². The van der Waals surface area contributed by atoms with Gasteiger partial charge in [0.25, 0.3) is 5.91 Å². The maximum absolute atomic E-state index is 12.3. The summed E-state index contributed by atoms with van der Waals surface area (Å²) in [6.07, 6.45) is 2.67. The second kappa shape index (κ2) is 7.14. The van der Waals surface area contributed by atoms with E-state index >= 15 is 0 Å². The van der Waals surface area contributed by atoms with Crippen molar-refractivity contribution in [1.29, 1.82) is 0 Å². The number of hydrogen-bond acceptors (Lipinski definition) is 5. The number of nitro groups is 1. The first-order chi connectivity index (χ1) is 12.3. The molecule has 9 nitrogen and oxygen atoms in total. The fourth-order valence-corrected chi connectivity index (χ4v) is 2.70. The zero-order chi connectivity index (χ0) is 18.8. The van der Waals surface area contributed by atoms with Crippen LogP contribution in [0.1, 0.15) is 16.1 Å². The summed E-state index contributed by atoms with van der Waals surface area (Å²) >= 11 is 12.2. The average Bonchev–Trinajstić information content (AvgIpc) is 3.13. The van der Waals surface area contributed by atoms with E-state index in [1.807, 2.05) is 18.2 Å². The molecule has 2 heterocycles.